The lowest BCUT2D eigenvalue weighted by Crippen LogP contribution is -1.97. The second kappa shape index (κ2) is 13.4. The van der Waals surface area contributed by atoms with E-state index in [0.29, 0.717) is 5.82 Å². The molecule has 0 unspecified atom stereocenters. The second-order valence-corrected chi connectivity index (χ2v) is 17.0. The summed E-state index contributed by atoms with van der Waals surface area (Å²) in [7, 11) is 0. The maximum Gasteiger partial charge on any atom is 0.160 e. The van der Waals surface area contributed by atoms with Crippen molar-refractivity contribution in [2.75, 3.05) is 0 Å². The molecule has 64 heavy (non-hydrogen) atoms. The summed E-state index contributed by atoms with van der Waals surface area (Å²) in [5.41, 5.74) is 11.0. The van der Waals surface area contributed by atoms with Gasteiger partial charge in [0.05, 0.1) is 33.3 Å². The van der Waals surface area contributed by atoms with Gasteiger partial charge in [0.15, 0.2) is 5.82 Å². The molecule has 0 spiro atoms. The van der Waals surface area contributed by atoms with Gasteiger partial charge in [-0.15, -0.1) is 0 Å². The summed E-state index contributed by atoms with van der Waals surface area (Å²) < 4.78 is 4.88. The highest BCUT2D eigenvalue weighted by molar-refractivity contribution is 6.16. The molecule has 296 valence electrons. The number of hydrogen-bond acceptors (Lipinski definition) is 2. The lowest BCUT2D eigenvalue weighted by molar-refractivity contribution is 1.17. The largest absolute Gasteiger partial charge is 0.309 e. The summed E-state index contributed by atoms with van der Waals surface area (Å²) in [6, 6.07) is 79.4. The normalized spacial score (nSPS) is 12.1. The third-order valence-corrected chi connectivity index (χ3v) is 13.4. The van der Waals surface area contributed by atoms with Crippen molar-refractivity contribution in [1.29, 1.82) is 0 Å². The third-order valence-electron chi connectivity index (χ3n) is 13.4. The van der Waals surface area contributed by atoms with E-state index in [-0.39, 0.29) is 0 Å². The molecule has 11 aromatic carbocycles. The Labute approximate surface area is 367 Å². The summed E-state index contributed by atoms with van der Waals surface area (Å²) >= 11 is 0. The smallest absolute Gasteiger partial charge is 0.160 e. The Morgan fingerprint density at radius 1 is 0.266 bits per heavy atom. The minimum absolute atomic E-state index is 0.717. The Kier molecular flexibility index (Phi) is 7.36. The van der Waals surface area contributed by atoms with Gasteiger partial charge in [-0.1, -0.05) is 140 Å². The monoisotopic (exact) mass is 812 g/mol. The quantitative estimate of drug-likeness (QED) is 0.177. The summed E-state index contributed by atoms with van der Waals surface area (Å²) in [5.74, 6) is 0.717. The van der Waals surface area contributed by atoms with Crippen LogP contribution < -0.4 is 0 Å². The molecule has 0 saturated heterocycles. The van der Waals surface area contributed by atoms with Gasteiger partial charge in [0.1, 0.15) is 0 Å². The second-order valence-electron chi connectivity index (χ2n) is 17.0. The summed E-state index contributed by atoms with van der Waals surface area (Å²) in [6.45, 7) is 0. The molecule has 0 fully saturated rings. The zero-order valence-corrected chi connectivity index (χ0v) is 34.6. The number of para-hydroxylation sites is 2. The Hall–Kier alpha value is -8.60. The molecule has 4 heteroatoms. The van der Waals surface area contributed by atoms with E-state index in [9.17, 15) is 0 Å². The predicted octanol–water partition coefficient (Wildman–Crippen LogP) is 15.8. The molecule has 0 aliphatic heterocycles. The van der Waals surface area contributed by atoms with Crippen molar-refractivity contribution < 1.29 is 0 Å². The van der Waals surface area contributed by atoms with Crippen LogP contribution in [-0.2, 0) is 0 Å². The molecule has 0 atom stereocenters. The number of aromatic nitrogens is 4. The van der Waals surface area contributed by atoms with Gasteiger partial charge in [0, 0.05) is 49.4 Å². The molecule has 0 bridgehead atoms. The van der Waals surface area contributed by atoms with E-state index in [1.807, 2.05) is 0 Å². The van der Waals surface area contributed by atoms with Crippen molar-refractivity contribution in [2.24, 2.45) is 0 Å². The summed E-state index contributed by atoms with van der Waals surface area (Å²) in [4.78, 5) is 10.4. The zero-order valence-electron chi connectivity index (χ0n) is 34.6. The van der Waals surface area contributed by atoms with Crippen LogP contribution in [-0.4, -0.2) is 19.1 Å². The van der Waals surface area contributed by atoms with Crippen molar-refractivity contribution in [3.63, 3.8) is 0 Å². The van der Waals surface area contributed by atoms with Gasteiger partial charge in [-0.05, 0) is 122 Å². The Bertz CT molecular complexity index is 4270. The van der Waals surface area contributed by atoms with Crippen LogP contribution in [0.4, 0.5) is 0 Å². The maximum atomic E-state index is 5.26. The van der Waals surface area contributed by atoms with Crippen LogP contribution in [0.1, 0.15) is 0 Å². The number of rotatable bonds is 4. The molecular formula is C60H36N4. The Balaban J connectivity index is 0.930. The first kappa shape index (κ1) is 35.0. The highest BCUT2D eigenvalue weighted by Crippen LogP contribution is 2.40. The van der Waals surface area contributed by atoms with Crippen LogP contribution in [0.5, 0.6) is 0 Å². The molecule has 0 saturated carbocycles. The molecule has 0 N–H and O–H groups in total. The summed E-state index contributed by atoms with van der Waals surface area (Å²) in [6.07, 6.45) is 0. The van der Waals surface area contributed by atoms with Gasteiger partial charge >= 0.3 is 0 Å². The Morgan fingerprint density at radius 2 is 0.734 bits per heavy atom. The van der Waals surface area contributed by atoms with Crippen molar-refractivity contribution in [3.8, 4) is 34.0 Å². The van der Waals surface area contributed by atoms with E-state index in [1.54, 1.807) is 0 Å². The van der Waals surface area contributed by atoms with Gasteiger partial charge in [0.2, 0.25) is 0 Å². The lowest BCUT2D eigenvalue weighted by Gasteiger charge is -2.13. The molecule has 4 nitrogen and oxygen atoms in total. The fourth-order valence-electron chi connectivity index (χ4n) is 10.3. The zero-order chi connectivity index (χ0) is 41.9. The predicted molar refractivity (Wildman–Crippen MR) is 269 cm³/mol. The van der Waals surface area contributed by atoms with Crippen LogP contribution in [0.25, 0.3) is 132 Å². The molecular weight excluding hydrogens is 777 g/mol. The fourth-order valence-corrected chi connectivity index (χ4v) is 10.3. The van der Waals surface area contributed by atoms with E-state index >= 15 is 0 Å². The third kappa shape index (κ3) is 5.30. The SMILES string of the molecule is c1ccc2cc(-c3nc(-c4ccc5cc(-n6c7ccc(-n8c9ccccc9c9cc%10ccccc%10cc98)cc7c7cc8ccccc8cc76)ccc5c4)nc4ccccc34)ccc2c1. The van der Waals surface area contributed by atoms with Crippen LogP contribution in [0.3, 0.4) is 0 Å². The van der Waals surface area contributed by atoms with E-state index in [0.717, 1.165) is 49.9 Å². The van der Waals surface area contributed by atoms with Crippen LogP contribution in [0.2, 0.25) is 0 Å². The van der Waals surface area contributed by atoms with Gasteiger partial charge in [-0.25, -0.2) is 9.97 Å². The molecule has 0 radical (unpaired) electrons. The van der Waals surface area contributed by atoms with E-state index in [2.05, 4.69) is 228 Å². The average Bonchev–Trinajstić information content (AvgIpc) is 3.85. The standard InChI is InChI=1S/C60H36N4/c1-2-12-38-29-45(23-21-37(38)11-1)59-50-18-7-9-19-54(50)61-60(62-59)46-24-22-44-31-47(26-25-43(44)30-46)63-56-28-27-48(36-53(56)52-33-40-14-4-6-16-42(40)35-58(52)63)64-55-20-10-8-17-49(55)51-32-39-13-3-5-15-41(39)34-57(51)64/h1-36H. The van der Waals surface area contributed by atoms with Gasteiger partial charge in [0.25, 0.3) is 0 Å². The highest BCUT2D eigenvalue weighted by atomic mass is 15.0. The Morgan fingerprint density at radius 3 is 1.48 bits per heavy atom. The number of nitrogens with zero attached hydrogens (tertiary/aromatic N) is 4. The van der Waals surface area contributed by atoms with Crippen LogP contribution in [0.15, 0.2) is 218 Å². The molecule has 0 aliphatic carbocycles. The van der Waals surface area contributed by atoms with E-state index in [4.69, 9.17) is 9.97 Å². The fraction of sp³-hybridized carbons (Fsp3) is 0. The van der Waals surface area contributed by atoms with Gasteiger partial charge in [-0.2, -0.15) is 0 Å². The lowest BCUT2D eigenvalue weighted by atomic mass is 10.0. The summed E-state index contributed by atoms with van der Waals surface area (Å²) in [5, 5.41) is 15.7. The first-order valence-electron chi connectivity index (χ1n) is 21.9. The molecule has 3 heterocycles. The minimum Gasteiger partial charge on any atom is -0.309 e. The molecule has 14 rings (SSSR count). The number of hydrogen-bond donors (Lipinski definition) is 0. The van der Waals surface area contributed by atoms with Crippen molar-refractivity contribution >= 4 is 97.6 Å². The molecule has 0 amide bonds. The maximum absolute atomic E-state index is 5.26. The van der Waals surface area contributed by atoms with Crippen molar-refractivity contribution in [2.45, 2.75) is 0 Å². The number of fused-ring (bicyclic) bond motifs is 11. The van der Waals surface area contributed by atoms with Gasteiger partial charge < -0.3 is 9.13 Å². The highest BCUT2D eigenvalue weighted by Gasteiger charge is 2.19. The average molecular weight is 813 g/mol. The van der Waals surface area contributed by atoms with Crippen LogP contribution >= 0.6 is 0 Å². The van der Waals surface area contributed by atoms with Crippen LogP contribution in [0, 0.1) is 0 Å². The molecule has 0 aliphatic rings. The minimum atomic E-state index is 0.717. The topological polar surface area (TPSA) is 35.6 Å². The van der Waals surface area contributed by atoms with E-state index < -0.39 is 0 Å². The first-order chi connectivity index (χ1) is 31.7. The van der Waals surface area contributed by atoms with Crippen molar-refractivity contribution in [3.05, 3.63) is 218 Å². The molecule has 14 aromatic rings. The molecule has 3 aromatic heterocycles. The van der Waals surface area contributed by atoms with Gasteiger partial charge in [-0.3, -0.25) is 0 Å². The number of benzene rings is 11. The first-order valence-corrected chi connectivity index (χ1v) is 21.9. The van der Waals surface area contributed by atoms with Crippen molar-refractivity contribution in [1.82, 2.24) is 19.1 Å². The van der Waals surface area contributed by atoms with E-state index in [1.165, 1.54) is 75.9 Å².